The van der Waals surface area contributed by atoms with Crippen LogP contribution in [0.2, 0.25) is 0 Å². The van der Waals surface area contributed by atoms with Crippen LogP contribution in [-0.4, -0.2) is 17.6 Å². The van der Waals surface area contributed by atoms with Gasteiger partial charge in [0.15, 0.2) is 0 Å². The van der Waals surface area contributed by atoms with Gasteiger partial charge >= 0.3 is 5.97 Å². The third-order valence-corrected chi connectivity index (χ3v) is 4.83. The zero-order valence-corrected chi connectivity index (χ0v) is 13.9. The first kappa shape index (κ1) is 15.4. The van der Waals surface area contributed by atoms with Gasteiger partial charge < -0.3 is 4.74 Å². The molecule has 4 heteroatoms. The van der Waals surface area contributed by atoms with Crippen molar-refractivity contribution in [3.8, 4) is 0 Å². The van der Waals surface area contributed by atoms with Crippen molar-refractivity contribution in [1.29, 1.82) is 0 Å². The maximum Gasteiger partial charge on any atom is 0.338 e. The second kappa shape index (κ2) is 6.75. The van der Waals surface area contributed by atoms with Crippen molar-refractivity contribution in [3.05, 3.63) is 64.3 Å². The lowest BCUT2D eigenvalue weighted by atomic mass is 10.1. The molecule has 0 spiro atoms. The van der Waals surface area contributed by atoms with E-state index in [1.807, 2.05) is 43.5 Å². The lowest BCUT2D eigenvalue weighted by molar-refractivity contribution is 0.0526. The summed E-state index contributed by atoms with van der Waals surface area (Å²) in [6, 6.07) is 9.67. The molecule has 0 radical (unpaired) electrons. The van der Waals surface area contributed by atoms with E-state index in [2.05, 4.69) is 24.1 Å². The number of hydrogen-bond donors (Lipinski definition) is 0. The molecule has 0 saturated carbocycles. The third-order valence-electron chi connectivity index (χ3n) is 3.60. The van der Waals surface area contributed by atoms with Crippen LogP contribution in [0.4, 0.5) is 0 Å². The fraction of sp³-hybridized carbons (Fsp3) is 0.158. The number of fused-ring (bicyclic) bond motifs is 1. The van der Waals surface area contributed by atoms with Crippen LogP contribution in [0.15, 0.2) is 42.7 Å². The Kier molecular flexibility index (Phi) is 4.53. The number of thiophene rings is 1. The van der Waals surface area contributed by atoms with Gasteiger partial charge in [-0.1, -0.05) is 12.1 Å². The fourth-order valence-electron chi connectivity index (χ4n) is 2.39. The highest BCUT2D eigenvalue weighted by molar-refractivity contribution is 7.20. The number of pyridine rings is 1. The van der Waals surface area contributed by atoms with Gasteiger partial charge in [0.1, 0.15) is 0 Å². The van der Waals surface area contributed by atoms with Crippen molar-refractivity contribution in [2.24, 2.45) is 0 Å². The Morgan fingerprint density at radius 3 is 2.91 bits per heavy atom. The number of rotatable bonds is 4. The van der Waals surface area contributed by atoms with E-state index in [0.717, 1.165) is 10.9 Å². The van der Waals surface area contributed by atoms with Crippen molar-refractivity contribution >= 4 is 39.5 Å². The summed E-state index contributed by atoms with van der Waals surface area (Å²) in [4.78, 5) is 17.2. The van der Waals surface area contributed by atoms with Crippen molar-refractivity contribution in [2.45, 2.75) is 13.8 Å². The molecule has 2 aromatic heterocycles. The van der Waals surface area contributed by atoms with E-state index in [1.165, 1.54) is 15.1 Å². The summed E-state index contributed by atoms with van der Waals surface area (Å²) >= 11 is 1.72. The Hall–Kier alpha value is -2.46. The van der Waals surface area contributed by atoms with Crippen molar-refractivity contribution < 1.29 is 9.53 Å². The second-order valence-electron chi connectivity index (χ2n) is 5.14. The van der Waals surface area contributed by atoms with Crippen molar-refractivity contribution in [2.75, 3.05) is 6.61 Å². The Labute approximate surface area is 139 Å². The topological polar surface area (TPSA) is 39.2 Å². The molecule has 0 aliphatic heterocycles. The van der Waals surface area contributed by atoms with Gasteiger partial charge in [-0.3, -0.25) is 4.98 Å². The Morgan fingerprint density at radius 1 is 1.30 bits per heavy atom. The van der Waals surface area contributed by atoms with Gasteiger partial charge in [0.2, 0.25) is 0 Å². The molecule has 0 saturated heterocycles. The molecule has 2 heterocycles. The molecule has 0 atom stereocenters. The van der Waals surface area contributed by atoms with Crippen LogP contribution in [0.25, 0.3) is 22.2 Å². The van der Waals surface area contributed by atoms with E-state index in [4.69, 9.17) is 4.74 Å². The van der Waals surface area contributed by atoms with E-state index in [-0.39, 0.29) is 5.97 Å². The normalized spacial score (nSPS) is 11.2. The van der Waals surface area contributed by atoms with Crippen LogP contribution in [-0.2, 0) is 4.74 Å². The molecule has 0 aliphatic carbocycles. The minimum Gasteiger partial charge on any atom is -0.462 e. The predicted octanol–water partition coefficient (Wildman–Crippen LogP) is 4.95. The van der Waals surface area contributed by atoms with Gasteiger partial charge in [-0.25, -0.2) is 4.79 Å². The summed E-state index contributed by atoms with van der Waals surface area (Å²) in [7, 11) is 0. The van der Waals surface area contributed by atoms with Crippen LogP contribution < -0.4 is 0 Å². The minimum absolute atomic E-state index is 0.271. The maximum absolute atomic E-state index is 11.9. The highest BCUT2D eigenvalue weighted by Crippen LogP contribution is 2.33. The van der Waals surface area contributed by atoms with E-state index in [0.29, 0.717) is 12.2 Å². The average molecular weight is 323 g/mol. The van der Waals surface area contributed by atoms with Crippen molar-refractivity contribution in [3.63, 3.8) is 0 Å². The van der Waals surface area contributed by atoms with Gasteiger partial charge in [-0.05, 0) is 60.7 Å². The number of aryl methyl sites for hydroxylation is 1. The molecular weight excluding hydrogens is 306 g/mol. The number of carbonyl (C=O) groups excluding carboxylic acids is 1. The van der Waals surface area contributed by atoms with Crippen LogP contribution in [0.1, 0.15) is 33.3 Å². The number of nitrogens with zero attached hydrogens (tertiary/aromatic N) is 1. The Bertz CT molecular complexity index is 866. The number of carbonyl (C=O) groups is 1. The average Bonchev–Trinajstić information content (AvgIpc) is 2.90. The SMILES string of the molecule is CCOC(=O)c1ccc2sc(C=Cc3cccnc3)c(C)c2c1. The summed E-state index contributed by atoms with van der Waals surface area (Å²) in [6.07, 6.45) is 7.75. The fourth-order valence-corrected chi connectivity index (χ4v) is 3.48. The lowest BCUT2D eigenvalue weighted by Crippen LogP contribution is -2.03. The van der Waals surface area contributed by atoms with E-state index < -0.39 is 0 Å². The standard InChI is InChI=1S/C19H17NO2S/c1-3-22-19(21)15-7-9-18-16(11-15)13(2)17(23-18)8-6-14-5-4-10-20-12-14/h4-12H,3H2,1-2H3. The quantitative estimate of drug-likeness (QED) is 0.638. The largest absolute Gasteiger partial charge is 0.462 e. The Morgan fingerprint density at radius 2 is 2.17 bits per heavy atom. The smallest absolute Gasteiger partial charge is 0.338 e. The molecule has 3 nitrogen and oxygen atoms in total. The molecule has 1 aromatic carbocycles. The molecule has 0 amide bonds. The van der Waals surface area contributed by atoms with Gasteiger partial charge in [-0.2, -0.15) is 0 Å². The highest BCUT2D eigenvalue weighted by atomic mass is 32.1. The Balaban J connectivity index is 1.95. The molecule has 0 unspecified atom stereocenters. The number of hydrogen-bond acceptors (Lipinski definition) is 4. The van der Waals surface area contributed by atoms with Crippen LogP contribution in [0, 0.1) is 6.92 Å². The van der Waals surface area contributed by atoms with Crippen LogP contribution in [0.5, 0.6) is 0 Å². The minimum atomic E-state index is -0.271. The number of benzene rings is 1. The molecule has 0 fully saturated rings. The molecular formula is C19H17NO2S. The second-order valence-corrected chi connectivity index (χ2v) is 6.23. The monoisotopic (exact) mass is 323 g/mol. The number of ether oxygens (including phenoxy) is 1. The maximum atomic E-state index is 11.9. The third kappa shape index (κ3) is 3.32. The number of aromatic nitrogens is 1. The first-order valence-corrected chi connectivity index (χ1v) is 8.29. The van der Waals surface area contributed by atoms with Crippen molar-refractivity contribution in [1.82, 2.24) is 4.98 Å². The van der Waals surface area contributed by atoms with Gasteiger partial charge in [0.05, 0.1) is 12.2 Å². The molecule has 0 aliphatic rings. The summed E-state index contributed by atoms with van der Waals surface area (Å²) in [5.41, 5.74) is 2.84. The molecule has 0 bridgehead atoms. The summed E-state index contributed by atoms with van der Waals surface area (Å²) in [5.74, 6) is -0.271. The van der Waals surface area contributed by atoms with Gasteiger partial charge in [-0.15, -0.1) is 11.3 Å². The number of esters is 1. The zero-order chi connectivity index (χ0) is 16.2. The van der Waals surface area contributed by atoms with E-state index in [1.54, 1.807) is 17.5 Å². The first-order chi connectivity index (χ1) is 11.2. The van der Waals surface area contributed by atoms with Crippen LogP contribution in [0.3, 0.4) is 0 Å². The van der Waals surface area contributed by atoms with Crippen LogP contribution >= 0.6 is 11.3 Å². The molecule has 23 heavy (non-hydrogen) atoms. The highest BCUT2D eigenvalue weighted by Gasteiger charge is 2.11. The zero-order valence-electron chi connectivity index (χ0n) is 13.1. The van der Waals surface area contributed by atoms with E-state index in [9.17, 15) is 4.79 Å². The molecule has 116 valence electrons. The summed E-state index contributed by atoms with van der Waals surface area (Å²) in [6.45, 7) is 4.28. The van der Waals surface area contributed by atoms with E-state index >= 15 is 0 Å². The molecule has 3 rings (SSSR count). The summed E-state index contributed by atoms with van der Waals surface area (Å²) in [5, 5.41) is 1.10. The molecule has 0 N–H and O–H groups in total. The van der Waals surface area contributed by atoms with Gasteiger partial charge in [0, 0.05) is 22.0 Å². The molecule has 3 aromatic rings. The summed E-state index contributed by atoms with van der Waals surface area (Å²) < 4.78 is 6.24. The predicted molar refractivity (Wildman–Crippen MR) is 95.7 cm³/mol. The van der Waals surface area contributed by atoms with Gasteiger partial charge in [0.25, 0.3) is 0 Å². The first-order valence-electron chi connectivity index (χ1n) is 7.47. The lowest BCUT2D eigenvalue weighted by Gasteiger charge is -2.01.